The van der Waals surface area contributed by atoms with E-state index in [1.165, 1.54) is 4.70 Å². The maximum Gasteiger partial charge on any atom is 0.220 e. The van der Waals surface area contributed by atoms with Gasteiger partial charge in [-0.2, -0.15) is 0 Å². The normalized spacial score (nSPS) is 10.7. The number of thiazole rings is 1. The zero-order valence-corrected chi connectivity index (χ0v) is 15.8. The van der Waals surface area contributed by atoms with Gasteiger partial charge in [0.2, 0.25) is 5.91 Å². The van der Waals surface area contributed by atoms with Gasteiger partial charge < -0.3 is 14.8 Å². The van der Waals surface area contributed by atoms with Crippen LogP contribution in [0.2, 0.25) is 0 Å². The van der Waals surface area contributed by atoms with Gasteiger partial charge in [0, 0.05) is 25.5 Å². The van der Waals surface area contributed by atoms with Gasteiger partial charge in [-0.15, -0.1) is 11.3 Å². The molecular formula is C20H22N2O3S. The lowest BCUT2D eigenvalue weighted by Gasteiger charge is -2.08. The predicted molar refractivity (Wildman–Crippen MR) is 104 cm³/mol. The molecule has 3 rings (SSSR count). The molecule has 0 fully saturated rings. The Labute approximate surface area is 157 Å². The number of carbonyl (C=O) groups is 1. The highest BCUT2D eigenvalue weighted by molar-refractivity contribution is 7.18. The molecule has 1 aromatic heterocycles. The largest absolute Gasteiger partial charge is 0.497 e. The van der Waals surface area contributed by atoms with Crippen LogP contribution in [0.4, 0.5) is 0 Å². The molecule has 1 N–H and O–H groups in total. The molecule has 0 aliphatic rings. The number of hydrogen-bond acceptors (Lipinski definition) is 5. The van der Waals surface area contributed by atoms with E-state index >= 15 is 0 Å². The minimum Gasteiger partial charge on any atom is -0.497 e. The van der Waals surface area contributed by atoms with E-state index in [1.54, 1.807) is 25.6 Å². The molecule has 3 aromatic rings. The van der Waals surface area contributed by atoms with Crippen molar-refractivity contribution in [2.75, 3.05) is 20.8 Å². The molecule has 6 heteroatoms. The number of nitrogens with one attached hydrogen (secondary N) is 1. The van der Waals surface area contributed by atoms with Crippen molar-refractivity contribution in [2.24, 2.45) is 0 Å². The fourth-order valence-corrected chi connectivity index (χ4v) is 3.66. The molecule has 136 valence electrons. The summed E-state index contributed by atoms with van der Waals surface area (Å²) in [6.07, 6.45) is 1.81. The quantitative estimate of drug-likeness (QED) is 0.658. The Morgan fingerprint density at radius 1 is 1.08 bits per heavy atom. The SMILES string of the molecule is COc1cc(CCC(=O)NCCc2nc3ccccc3s2)cc(OC)c1. The minimum absolute atomic E-state index is 0.0351. The molecule has 0 atom stereocenters. The lowest BCUT2D eigenvalue weighted by Crippen LogP contribution is -2.25. The van der Waals surface area contributed by atoms with Crippen LogP contribution in [-0.4, -0.2) is 31.7 Å². The second-order valence-corrected chi connectivity index (χ2v) is 7.01. The molecule has 0 aliphatic carbocycles. The summed E-state index contributed by atoms with van der Waals surface area (Å²) < 4.78 is 11.7. The third kappa shape index (κ3) is 4.73. The number of rotatable bonds is 8. The van der Waals surface area contributed by atoms with Gasteiger partial charge in [-0.25, -0.2) is 4.98 Å². The number of para-hydroxylation sites is 1. The molecule has 26 heavy (non-hydrogen) atoms. The van der Waals surface area contributed by atoms with E-state index in [4.69, 9.17) is 9.47 Å². The Kier molecular flexibility index (Phi) is 6.07. The van der Waals surface area contributed by atoms with Gasteiger partial charge >= 0.3 is 0 Å². The van der Waals surface area contributed by atoms with Crippen LogP contribution in [0.15, 0.2) is 42.5 Å². The number of fused-ring (bicyclic) bond motifs is 1. The summed E-state index contributed by atoms with van der Waals surface area (Å²) >= 11 is 1.68. The molecule has 5 nitrogen and oxygen atoms in total. The van der Waals surface area contributed by atoms with Gasteiger partial charge in [0.1, 0.15) is 11.5 Å². The molecule has 0 unspecified atom stereocenters. The van der Waals surface area contributed by atoms with Gasteiger partial charge in [0.15, 0.2) is 0 Å². The summed E-state index contributed by atoms with van der Waals surface area (Å²) in [5, 5.41) is 4.01. The molecule has 0 spiro atoms. The highest BCUT2D eigenvalue weighted by atomic mass is 32.1. The number of aromatic nitrogens is 1. The summed E-state index contributed by atoms with van der Waals surface area (Å²) in [5.74, 6) is 1.50. The number of nitrogens with zero attached hydrogens (tertiary/aromatic N) is 1. The molecule has 0 saturated carbocycles. The molecule has 1 amide bonds. The Balaban J connectivity index is 1.47. The Bertz CT molecular complexity index is 836. The molecule has 0 radical (unpaired) electrons. The minimum atomic E-state index is 0.0351. The van der Waals surface area contributed by atoms with Crippen LogP contribution in [0.5, 0.6) is 11.5 Å². The first-order valence-corrected chi connectivity index (χ1v) is 9.32. The fourth-order valence-electron chi connectivity index (χ4n) is 2.69. The van der Waals surface area contributed by atoms with Crippen LogP contribution >= 0.6 is 11.3 Å². The van der Waals surface area contributed by atoms with E-state index in [9.17, 15) is 4.79 Å². The fraction of sp³-hybridized carbons (Fsp3) is 0.300. The van der Waals surface area contributed by atoms with Crippen molar-refractivity contribution < 1.29 is 14.3 Å². The van der Waals surface area contributed by atoms with Crippen molar-refractivity contribution in [3.63, 3.8) is 0 Å². The van der Waals surface area contributed by atoms with E-state index in [0.717, 1.165) is 34.0 Å². The van der Waals surface area contributed by atoms with Crippen LogP contribution < -0.4 is 14.8 Å². The Morgan fingerprint density at radius 2 is 1.81 bits per heavy atom. The molecular weight excluding hydrogens is 348 g/mol. The van der Waals surface area contributed by atoms with Crippen molar-refractivity contribution in [3.05, 3.63) is 53.0 Å². The molecule has 0 bridgehead atoms. The van der Waals surface area contributed by atoms with Crippen LogP contribution in [0.25, 0.3) is 10.2 Å². The van der Waals surface area contributed by atoms with Crippen molar-refractivity contribution in [1.29, 1.82) is 0 Å². The van der Waals surface area contributed by atoms with Crippen LogP contribution in [-0.2, 0) is 17.6 Å². The average molecular weight is 370 g/mol. The molecule has 1 heterocycles. The monoisotopic (exact) mass is 370 g/mol. The van der Waals surface area contributed by atoms with Gasteiger partial charge in [-0.1, -0.05) is 12.1 Å². The lowest BCUT2D eigenvalue weighted by molar-refractivity contribution is -0.121. The molecule has 0 saturated heterocycles. The van der Waals surface area contributed by atoms with E-state index in [2.05, 4.69) is 16.4 Å². The van der Waals surface area contributed by atoms with Crippen molar-refractivity contribution >= 4 is 27.5 Å². The average Bonchev–Trinajstić information content (AvgIpc) is 3.08. The Hall–Kier alpha value is -2.60. The van der Waals surface area contributed by atoms with Crippen molar-refractivity contribution in [3.8, 4) is 11.5 Å². The van der Waals surface area contributed by atoms with Crippen molar-refractivity contribution in [2.45, 2.75) is 19.3 Å². The standard InChI is InChI=1S/C20H22N2O3S/c1-24-15-11-14(12-16(13-15)25-2)7-8-19(23)21-10-9-20-22-17-5-3-4-6-18(17)26-20/h3-6,11-13H,7-10H2,1-2H3,(H,21,23). The van der Waals surface area contributed by atoms with Crippen LogP contribution in [0, 0.1) is 0 Å². The van der Waals surface area contributed by atoms with Gasteiger partial charge in [0.05, 0.1) is 29.4 Å². The van der Waals surface area contributed by atoms with Crippen LogP contribution in [0.3, 0.4) is 0 Å². The molecule has 0 aliphatic heterocycles. The number of aryl methyl sites for hydroxylation is 1. The van der Waals surface area contributed by atoms with Gasteiger partial charge in [0.25, 0.3) is 0 Å². The van der Waals surface area contributed by atoms with E-state index < -0.39 is 0 Å². The first-order valence-electron chi connectivity index (χ1n) is 8.51. The predicted octanol–water partition coefficient (Wildman–Crippen LogP) is 3.61. The van der Waals surface area contributed by atoms with Crippen LogP contribution in [0.1, 0.15) is 17.0 Å². The maximum absolute atomic E-state index is 12.1. The highest BCUT2D eigenvalue weighted by Gasteiger charge is 2.07. The van der Waals surface area contributed by atoms with E-state index in [0.29, 0.717) is 19.4 Å². The Morgan fingerprint density at radius 3 is 2.50 bits per heavy atom. The summed E-state index contributed by atoms with van der Waals surface area (Å²) in [6.45, 7) is 0.597. The summed E-state index contributed by atoms with van der Waals surface area (Å²) in [5.41, 5.74) is 2.04. The second kappa shape index (κ2) is 8.67. The highest BCUT2D eigenvalue weighted by Crippen LogP contribution is 2.23. The summed E-state index contributed by atoms with van der Waals surface area (Å²) in [6, 6.07) is 13.8. The van der Waals surface area contributed by atoms with Crippen molar-refractivity contribution in [1.82, 2.24) is 10.3 Å². The zero-order chi connectivity index (χ0) is 18.4. The first kappa shape index (κ1) is 18.2. The number of carbonyl (C=O) groups excluding carboxylic acids is 1. The second-order valence-electron chi connectivity index (χ2n) is 5.90. The van der Waals surface area contributed by atoms with E-state index in [-0.39, 0.29) is 5.91 Å². The maximum atomic E-state index is 12.1. The van der Waals surface area contributed by atoms with E-state index in [1.807, 2.05) is 36.4 Å². The topological polar surface area (TPSA) is 60.5 Å². The smallest absolute Gasteiger partial charge is 0.220 e. The van der Waals surface area contributed by atoms with Gasteiger partial charge in [-0.3, -0.25) is 4.79 Å². The first-order chi connectivity index (χ1) is 12.7. The number of amides is 1. The lowest BCUT2D eigenvalue weighted by atomic mass is 10.1. The number of ether oxygens (including phenoxy) is 2. The molecule has 2 aromatic carbocycles. The summed E-state index contributed by atoms with van der Waals surface area (Å²) in [4.78, 5) is 16.7. The third-order valence-electron chi connectivity index (χ3n) is 4.05. The zero-order valence-electron chi connectivity index (χ0n) is 15.0. The third-order valence-corrected chi connectivity index (χ3v) is 5.15. The number of methoxy groups -OCH3 is 2. The number of benzene rings is 2. The van der Waals surface area contributed by atoms with Gasteiger partial charge in [-0.05, 0) is 36.2 Å². The number of hydrogen-bond donors (Lipinski definition) is 1. The summed E-state index contributed by atoms with van der Waals surface area (Å²) in [7, 11) is 3.24.